The van der Waals surface area contributed by atoms with Crippen LogP contribution in [0.3, 0.4) is 0 Å². The lowest BCUT2D eigenvalue weighted by Gasteiger charge is -2.17. The number of rotatable bonds is 7. The summed E-state index contributed by atoms with van der Waals surface area (Å²) in [4.78, 5) is 24.1. The minimum Gasteiger partial charge on any atom is -0.465 e. The molecule has 2 aromatic carbocycles. The molecule has 140 valence electrons. The number of carbonyl (C=O) groups excluding carboxylic acids is 2. The molecule has 27 heavy (non-hydrogen) atoms. The van der Waals surface area contributed by atoms with Crippen LogP contribution in [0.5, 0.6) is 0 Å². The molecule has 1 atom stereocenters. The third-order valence-corrected chi connectivity index (χ3v) is 4.04. The van der Waals surface area contributed by atoms with E-state index in [2.05, 4.69) is 15.4 Å². The quantitative estimate of drug-likeness (QED) is 0.443. The minimum absolute atomic E-state index is 0.238. The first kappa shape index (κ1) is 19.9. The molecule has 0 heterocycles. The largest absolute Gasteiger partial charge is 0.465 e. The predicted molar refractivity (Wildman–Crippen MR) is 106 cm³/mol. The molecule has 0 aliphatic carbocycles. The van der Waals surface area contributed by atoms with Gasteiger partial charge in [-0.1, -0.05) is 24.3 Å². The zero-order chi connectivity index (χ0) is 19.8. The second-order valence-electron chi connectivity index (χ2n) is 5.67. The van der Waals surface area contributed by atoms with Crippen LogP contribution in [0.2, 0.25) is 0 Å². The van der Waals surface area contributed by atoms with Crippen LogP contribution in [-0.4, -0.2) is 32.2 Å². The first-order chi connectivity index (χ1) is 13.0. The average molecular weight is 366 g/mol. The standard InChI is InChI=1S/C20H22N4O3/c1-23-18(14-3-5-15(6-4-14)20(26)27-2)19(25)24-17-9-7-13(8-10-17)16(11-21)12-22/h3-12,18,21,23H,22H2,1-2H3,(H,24,25)/b16-12+,21-11?. The van der Waals surface area contributed by atoms with E-state index < -0.39 is 12.0 Å². The maximum Gasteiger partial charge on any atom is 0.337 e. The molecule has 0 bridgehead atoms. The summed E-state index contributed by atoms with van der Waals surface area (Å²) in [5, 5.41) is 13.1. The lowest BCUT2D eigenvalue weighted by atomic mass is 10.0. The van der Waals surface area contributed by atoms with Gasteiger partial charge in [0.1, 0.15) is 6.04 Å². The molecule has 0 aliphatic heterocycles. The topological polar surface area (TPSA) is 117 Å². The number of nitrogens with two attached hydrogens (primary N) is 1. The van der Waals surface area contributed by atoms with Gasteiger partial charge in [0.15, 0.2) is 0 Å². The van der Waals surface area contributed by atoms with Gasteiger partial charge in [-0.25, -0.2) is 4.79 Å². The SMILES string of the molecule is CNC(C(=O)Nc1ccc(/C(C=N)=C/N)cc1)c1ccc(C(=O)OC)cc1. The summed E-state index contributed by atoms with van der Waals surface area (Å²) in [6.45, 7) is 0. The number of hydrogen-bond donors (Lipinski definition) is 4. The number of allylic oxidation sites excluding steroid dienone is 1. The van der Waals surface area contributed by atoms with E-state index in [9.17, 15) is 9.59 Å². The summed E-state index contributed by atoms with van der Waals surface area (Å²) in [7, 11) is 3.00. The van der Waals surface area contributed by atoms with Crippen LogP contribution >= 0.6 is 0 Å². The summed E-state index contributed by atoms with van der Waals surface area (Å²) in [6, 6.07) is 13.1. The van der Waals surface area contributed by atoms with Gasteiger partial charge < -0.3 is 26.5 Å². The Morgan fingerprint density at radius 2 is 1.67 bits per heavy atom. The van der Waals surface area contributed by atoms with Crippen LogP contribution in [0.25, 0.3) is 5.57 Å². The van der Waals surface area contributed by atoms with Crippen molar-refractivity contribution in [3.05, 3.63) is 71.4 Å². The number of amides is 1. The molecule has 0 saturated heterocycles. The second-order valence-corrected chi connectivity index (χ2v) is 5.67. The van der Waals surface area contributed by atoms with Gasteiger partial charge in [-0.2, -0.15) is 0 Å². The van der Waals surface area contributed by atoms with Crippen LogP contribution in [0.15, 0.2) is 54.7 Å². The van der Waals surface area contributed by atoms with Crippen LogP contribution < -0.4 is 16.4 Å². The molecule has 0 spiro atoms. The van der Waals surface area contributed by atoms with Crippen LogP contribution in [0.1, 0.15) is 27.5 Å². The van der Waals surface area contributed by atoms with E-state index in [0.29, 0.717) is 16.8 Å². The lowest BCUT2D eigenvalue weighted by Crippen LogP contribution is -2.30. The molecule has 1 unspecified atom stereocenters. The van der Waals surface area contributed by atoms with Crippen LogP contribution in [0.4, 0.5) is 5.69 Å². The number of nitrogens with one attached hydrogen (secondary N) is 3. The van der Waals surface area contributed by atoms with Crippen molar-refractivity contribution in [2.24, 2.45) is 5.73 Å². The first-order valence-corrected chi connectivity index (χ1v) is 8.23. The summed E-state index contributed by atoms with van der Waals surface area (Å²) in [5.41, 5.74) is 8.61. The van der Waals surface area contributed by atoms with E-state index in [1.807, 2.05) is 0 Å². The molecule has 5 N–H and O–H groups in total. The fourth-order valence-electron chi connectivity index (χ4n) is 2.57. The highest BCUT2D eigenvalue weighted by Gasteiger charge is 2.19. The van der Waals surface area contributed by atoms with Crippen LogP contribution in [0, 0.1) is 5.41 Å². The zero-order valence-electron chi connectivity index (χ0n) is 15.2. The van der Waals surface area contributed by atoms with Crippen molar-refractivity contribution >= 4 is 29.4 Å². The fourth-order valence-corrected chi connectivity index (χ4v) is 2.57. The van der Waals surface area contributed by atoms with Crippen molar-refractivity contribution in [3.8, 4) is 0 Å². The lowest BCUT2D eigenvalue weighted by molar-refractivity contribution is -0.118. The summed E-state index contributed by atoms with van der Waals surface area (Å²) in [6.07, 6.45) is 2.53. The molecule has 7 heteroatoms. The highest BCUT2D eigenvalue weighted by atomic mass is 16.5. The summed E-state index contributed by atoms with van der Waals surface area (Å²) < 4.78 is 4.67. The monoisotopic (exact) mass is 366 g/mol. The smallest absolute Gasteiger partial charge is 0.337 e. The normalized spacial score (nSPS) is 12.1. The molecule has 7 nitrogen and oxygen atoms in total. The Labute approximate surface area is 157 Å². The Balaban J connectivity index is 2.13. The minimum atomic E-state index is -0.586. The zero-order valence-corrected chi connectivity index (χ0v) is 15.2. The van der Waals surface area contributed by atoms with E-state index in [1.54, 1.807) is 55.6 Å². The molecule has 2 aromatic rings. The maximum atomic E-state index is 12.6. The van der Waals surface area contributed by atoms with Crippen molar-refractivity contribution in [2.75, 3.05) is 19.5 Å². The number of benzene rings is 2. The van der Waals surface area contributed by atoms with Gasteiger partial charge in [0.05, 0.1) is 12.7 Å². The van der Waals surface area contributed by atoms with E-state index in [1.165, 1.54) is 19.5 Å². The van der Waals surface area contributed by atoms with Crippen LogP contribution in [-0.2, 0) is 9.53 Å². The van der Waals surface area contributed by atoms with E-state index in [0.717, 1.165) is 11.1 Å². The Morgan fingerprint density at radius 1 is 1.07 bits per heavy atom. The van der Waals surface area contributed by atoms with E-state index in [4.69, 9.17) is 11.1 Å². The van der Waals surface area contributed by atoms with Crippen molar-refractivity contribution in [1.29, 1.82) is 5.41 Å². The molecule has 1 amide bonds. The van der Waals surface area contributed by atoms with Gasteiger partial charge in [-0.3, -0.25) is 4.79 Å². The first-order valence-electron chi connectivity index (χ1n) is 8.23. The third kappa shape index (κ3) is 4.80. The van der Waals surface area contributed by atoms with Gasteiger partial charge in [0.25, 0.3) is 0 Å². The van der Waals surface area contributed by atoms with Gasteiger partial charge in [0, 0.05) is 23.7 Å². The van der Waals surface area contributed by atoms with Gasteiger partial charge in [0.2, 0.25) is 5.91 Å². The molecule has 0 aromatic heterocycles. The predicted octanol–water partition coefficient (Wildman–Crippen LogP) is 2.32. The molecular weight excluding hydrogens is 344 g/mol. The highest BCUT2D eigenvalue weighted by molar-refractivity contribution is 6.08. The van der Waals surface area contributed by atoms with Crippen molar-refractivity contribution in [3.63, 3.8) is 0 Å². The molecule has 2 rings (SSSR count). The number of anilines is 1. The van der Waals surface area contributed by atoms with E-state index in [-0.39, 0.29) is 5.91 Å². The van der Waals surface area contributed by atoms with Crippen molar-refractivity contribution in [1.82, 2.24) is 5.32 Å². The average Bonchev–Trinajstić information content (AvgIpc) is 2.70. The van der Waals surface area contributed by atoms with Crippen molar-refractivity contribution < 1.29 is 14.3 Å². The third-order valence-electron chi connectivity index (χ3n) is 4.04. The number of ether oxygens (including phenoxy) is 1. The Bertz CT molecular complexity index is 843. The van der Waals surface area contributed by atoms with E-state index >= 15 is 0 Å². The summed E-state index contributed by atoms with van der Waals surface area (Å²) >= 11 is 0. The van der Waals surface area contributed by atoms with Gasteiger partial charge >= 0.3 is 5.97 Å². The molecular formula is C20H22N4O3. The Hall–Kier alpha value is -3.45. The van der Waals surface area contributed by atoms with Gasteiger partial charge in [-0.15, -0.1) is 0 Å². The number of likely N-dealkylation sites (N-methyl/N-ethyl adjacent to an activating group) is 1. The molecule has 0 radical (unpaired) electrons. The second kappa shape index (κ2) is 9.30. The maximum absolute atomic E-state index is 12.6. The molecule has 0 saturated carbocycles. The number of carbonyl (C=O) groups is 2. The van der Waals surface area contributed by atoms with Crippen molar-refractivity contribution in [2.45, 2.75) is 6.04 Å². The summed E-state index contributed by atoms with van der Waals surface area (Å²) in [5.74, 6) is -0.666. The molecule has 0 aliphatic rings. The number of hydrogen-bond acceptors (Lipinski definition) is 6. The molecule has 0 fully saturated rings. The number of methoxy groups -OCH3 is 1. The highest BCUT2D eigenvalue weighted by Crippen LogP contribution is 2.19. The Kier molecular flexibility index (Phi) is 6.85. The number of esters is 1. The van der Waals surface area contributed by atoms with Gasteiger partial charge in [-0.05, 0) is 42.4 Å². The fraction of sp³-hybridized carbons (Fsp3) is 0.150. The Morgan fingerprint density at radius 3 is 2.15 bits per heavy atom.